The van der Waals surface area contributed by atoms with Crippen LogP contribution in [0.3, 0.4) is 0 Å². The molecule has 1 saturated carbocycles. The number of rotatable bonds is 3. The molecule has 7 heteroatoms. The van der Waals surface area contributed by atoms with Crippen molar-refractivity contribution in [2.75, 3.05) is 11.9 Å². The minimum absolute atomic E-state index is 0.0519. The molecule has 1 aliphatic carbocycles. The van der Waals surface area contributed by atoms with Crippen LogP contribution in [0.25, 0.3) is 0 Å². The molecule has 2 fully saturated rings. The molecule has 2 atom stereocenters. The van der Waals surface area contributed by atoms with Crippen LogP contribution in [0.4, 0.5) is 5.69 Å². The average molecular weight is 378 g/mol. The summed E-state index contributed by atoms with van der Waals surface area (Å²) in [4.78, 5) is 0. The number of benzene rings is 1. The minimum Gasteiger partial charge on any atom is -0.369 e. The molecule has 0 aromatic heterocycles. The van der Waals surface area contributed by atoms with Gasteiger partial charge in [0.1, 0.15) is 5.28 Å². The number of nitrogens with one attached hydrogen (secondary N) is 1. The third kappa shape index (κ3) is 3.57. The molecule has 4 nitrogen and oxygen atoms in total. The number of anilines is 1. The second-order valence-electron chi connectivity index (χ2n) is 6.38. The van der Waals surface area contributed by atoms with Crippen LogP contribution in [0.2, 0.25) is 10.0 Å². The molecule has 1 heterocycles. The van der Waals surface area contributed by atoms with Crippen molar-refractivity contribution in [3.8, 4) is 0 Å². The van der Waals surface area contributed by atoms with Crippen molar-refractivity contribution in [1.29, 1.82) is 0 Å². The fourth-order valence-electron chi connectivity index (χ4n) is 3.33. The first-order valence-electron chi connectivity index (χ1n) is 8.10. The van der Waals surface area contributed by atoms with E-state index in [1.54, 1.807) is 12.1 Å². The molecule has 2 aliphatic rings. The van der Waals surface area contributed by atoms with E-state index in [4.69, 9.17) is 32.2 Å². The maximum atomic E-state index is 13.5. The van der Waals surface area contributed by atoms with Gasteiger partial charge in [-0.1, -0.05) is 42.5 Å². The predicted molar refractivity (Wildman–Crippen MR) is 94.6 cm³/mol. The minimum atomic E-state index is -3.26. The summed E-state index contributed by atoms with van der Waals surface area (Å²) < 4.78 is 25.1. The number of hydrogen-bond acceptors (Lipinski definition) is 4. The van der Waals surface area contributed by atoms with Gasteiger partial charge in [0.05, 0.1) is 22.8 Å². The van der Waals surface area contributed by atoms with Gasteiger partial charge < -0.3 is 14.4 Å². The van der Waals surface area contributed by atoms with E-state index in [0.29, 0.717) is 16.7 Å². The van der Waals surface area contributed by atoms with Gasteiger partial charge in [-0.05, 0) is 44.4 Å². The summed E-state index contributed by atoms with van der Waals surface area (Å²) in [6.45, 7) is 2.42. The van der Waals surface area contributed by atoms with Gasteiger partial charge >= 0.3 is 7.60 Å². The van der Waals surface area contributed by atoms with Crippen molar-refractivity contribution >= 4 is 36.5 Å². The molecule has 128 valence electrons. The number of hydrogen-bond donors (Lipinski definition) is 1. The van der Waals surface area contributed by atoms with Crippen LogP contribution >= 0.6 is 30.8 Å². The van der Waals surface area contributed by atoms with E-state index in [1.165, 1.54) is 0 Å². The Labute approximate surface area is 147 Å². The van der Waals surface area contributed by atoms with E-state index in [9.17, 15) is 4.57 Å². The molecule has 0 radical (unpaired) electrons. The Bertz CT molecular complexity index is 619. The van der Waals surface area contributed by atoms with E-state index in [-0.39, 0.29) is 6.10 Å². The molecule has 0 spiro atoms. The van der Waals surface area contributed by atoms with Crippen LogP contribution < -0.4 is 5.32 Å². The summed E-state index contributed by atoms with van der Waals surface area (Å²) in [7, 11) is -3.26. The Morgan fingerprint density at radius 1 is 1.22 bits per heavy atom. The quantitative estimate of drug-likeness (QED) is 0.647. The van der Waals surface area contributed by atoms with Crippen LogP contribution in [0.5, 0.6) is 0 Å². The fraction of sp³-hybridized carbons (Fsp3) is 0.625. The topological polar surface area (TPSA) is 47.6 Å². The van der Waals surface area contributed by atoms with Crippen LogP contribution in [0, 0.1) is 0 Å². The van der Waals surface area contributed by atoms with Crippen molar-refractivity contribution in [1.82, 2.24) is 0 Å². The molecule has 1 N–H and O–H groups in total. The van der Waals surface area contributed by atoms with Gasteiger partial charge in [-0.25, -0.2) is 0 Å². The Hall–Kier alpha value is -0.250. The molecular formula is C16H22Cl2NO3P. The first-order chi connectivity index (χ1) is 10.9. The lowest BCUT2D eigenvalue weighted by molar-refractivity contribution is 0.0767. The maximum Gasteiger partial charge on any atom is 0.356 e. The van der Waals surface area contributed by atoms with Gasteiger partial charge in [0, 0.05) is 5.69 Å². The molecule has 1 saturated heterocycles. The molecular weight excluding hydrogens is 356 g/mol. The normalized spacial score (nSPS) is 30.8. The monoisotopic (exact) mass is 377 g/mol. The highest BCUT2D eigenvalue weighted by molar-refractivity contribution is 7.55. The molecule has 0 unspecified atom stereocenters. The summed E-state index contributed by atoms with van der Waals surface area (Å²) in [5.74, 6) is 0. The smallest absolute Gasteiger partial charge is 0.356 e. The highest BCUT2D eigenvalue weighted by Gasteiger charge is 2.53. The molecule has 0 amide bonds. The van der Waals surface area contributed by atoms with E-state index in [1.807, 2.05) is 13.0 Å². The highest BCUT2D eigenvalue weighted by Crippen LogP contribution is 2.67. The molecule has 0 bridgehead atoms. The Kier molecular flexibility index (Phi) is 5.30. The number of halogens is 2. The summed E-state index contributed by atoms with van der Waals surface area (Å²) >= 11 is 12.1. The third-order valence-corrected chi connectivity index (χ3v) is 8.11. The second kappa shape index (κ2) is 6.93. The van der Waals surface area contributed by atoms with Gasteiger partial charge in [0.15, 0.2) is 0 Å². The lowest BCUT2D eigenvalue weighted by atomic mass is 9.94. The Morgan fingerprint density at radius 2 is 1.96 bits per heavy atom. The van der Waals surface area contributed by atoms with Crippen LogP contribution in [0.1, 0.15) is 45.4 Å². The molecule has 1 aliphatic heterocycles. The average Bonchev–Trinajstić information content (AvgIpc) is 2.52. The highest BCUT2D eigenvalue weighted by atomic mass is 35.5. The third-order valence-electron chi connectivity index (χ3n) is 4.61. The first kappa shape index (κ1) is 17.6. The SMILES string of the molecule is C[C@@H]1CCO[P@](=O)(C2(Nc3ccc(Cl)c(Cl)c3)CCCCC2)O1. The van der Waals surface area contributed by atoms with E-state index in [2.05, 4.69) is 5.32 Å². The van der Waals surface area contributed by atoms with Crippen LogP contribution in [0.15, 0.2) is 18.2 Å². The van der Waals surface area contributed by atoms with Crippen molar-refractivity contribution in [3.63, 3.8) is 0 Å². The van der Waals surface area contributed by atoms with Gasteiger partial charge in [-0.15, -0.1) is 0 Å². The molecule has 3 rings (SSSR count). The lowest BCUT2D eigenvalue weighted by Gasteiger charge is -2.45. The fourth-order valence-corrected chi connectivity index (χ4v) is 6.19. The van der Waals surface area contributed by atoms with Crippen molar-refractivity contribution < 1.29 is 13.6 Å². The maximum absolute atomic E-state index is 13.5. The zero-order valence-electron chi connectivity index (χ0n) is 13.2. The molecule has 1 aromatic carbocycles. The molecule has 23 heavy (non-hydrogen) atoms. The summed E-state index contributed by atoms with van der Waals surface area (Å²) in [6, 6.07) is 5.35. The van der Waals surface area contributed by atoms with Gasteiger partial charge in [0.25, 0.3) is 0 Å². The van der Waals surface area contributed by atoms with Crippen molar-refractivity contribution in [2.45, 2.75) is 56.8 Å². The predicted octanol–water partition coefficient (Wildman–Crippen LogP) is 6.08. The van der Waals surface area contributed by atoms with Gasteiger partial charge in [-0.2, -0.15) is 0 Å². The second-order valence-corrected chi connectivity index (χ2v) is 9.52. The summed E-state index contributed by atoms with van der Waals surface area (Å²) in [6.07, 6.45) is 5.38. The van der Waals surface area contributed by atoms with Crippen molar-refractivity contribution in [2.24, 2.45) is 0 Å². The van der Waals surface area contributed by atoms with Crippen LogP contribution in [-0.2, 0) is 13.6 Å². The van der Waals surface area contributed by atoms with E-state index >= 15 is 0 Å². The summed E-state index contributed by atoms with van der Waals surface area (Å²) in [5, 5.41) is 3.73. The van der Waals surface area contributed by atoms with E-state index in [0.717, 1.165) is 44.2 Å². The van der Waals surface area contributed by atoms with E-state index < -0.39 is 12.9 Å². The first-order valence-corrected chi connectivity index (χ1v) is 10.4. The zero-order valence-corrected chi connectivity index (χ0v) is 15.6. The lowest BCUT2D eigenvalue weighted by Crippen LogP contribution is -2.43. The molecule has 1 aromatic rings. The summed E-state index contributed by atoms with van der Waals surface area (Å²) in [5.41, 5.74) is 0.793. The Balaban J connectivity index is 1.93. The standard InChI is InChI=1S/C16H22Cl2NO3P/c1-12-7-10-21-23(20,22-12)16(8-3-2-4-9-16)19-13-5-6-14(17)15(18)11-13/h5-6,11-12,19H,2-4,7-10H2,1H3/t12-,23-/m1/s1. The Morgan fingerprint density at radius 3 is 2.61 bits per heavy atom. The van der Waals surface area contributed by atoms with Crippen LogP contribution in [-0.4, -0.2) is 18.0 Å². The van der Waals surface area contributed by atoms with Gasteiger partial charge in [-0.3, -0.25) is 4.57 Å². The zero-order chi connectivity index (χ0) is 16.5. The van der Waals surface area contributed by atoms with Crippen molar-refractivity contribution in [3.05, 3.63) is 28.2 Å². The largest absolute Gasteiger partial charge is 0.369 e. The van der Waals surface area contributed by atoms with Gasteiger partial charge in [0.2, 0.25) is 0 Å².